The first-order valence-corrected chi connectivity index (χ1v) is 5.94. The maximum absolute atomic E-state index is 12.5. The highest BCUT2D eigenvalue weighted by molar-refractivity contribution is 5.91. The highest BCUT2D eigenvalue weighted by Crippen LogP contribution is 2.32. The van der Waals surface area contributed by atoms with E-state index >= 15 is 0 Å². The summed E-state index contributed by atoms with van der Waals surface area (Å²) < 4.78 is 42.8. The summed E-state index contributed by atoms with van der Waals surface area (Å²) in [4.78, 5) is 12.9. The molecule has 0 saturated carbocycles. The summed E-state index contributed by atoms with van der Waals surface area (Å²) in [6.45, 7) is 0.979. The zero-order valence-corrected chi connectivity index (χ0v) is 11.2. The van der Waals surface area contributed by atoms with Gasteiger partial charge in [0.25, 0.3) is 0 Å². The van der Waals surface area contributed by atoms with Crippen LogP contribution in [0.25, 0.3) is 0 Å². The van der Waals surface area contributed by atoms with Crippen LogP contribution in [0.4, 0.5) is 13.2 Å². The molecule has 0 aliphatic carbocycles. The van der Waals surface area contributed by atoms with Gasteiger partial charge in [0.05, 0.1) is 12.2 Å². The van der Waals surface area contributed by atoms with Crippen molar-refractivity contribution in [1.82, 2.24) is 4.90 Å². The summed E-state index contributed by atoms with van der Waals surface area (Å²) in [6, 6.07) is 2.44. The van der Waals surface area contributed by atoms with Gasteiger partial charge in [0.2, 0.25) is 0 Å². The predicted octanol–water partition coefficient (Wildman–Crippen LogP) is 2.73. The second-order valence-corrected chi connectivity index (χ2v) is 4.52. The zero-order chi connectivity index (χ0) is 15.3. The van der Waals surface area contributed by atoms with E-state index in [0.717, 1.165) is 18.7 Å². The van der Waals surface area contributed by atoms with Crippen LogP contribution in [0, 0.1) is 0 Å². The predicted molar refractivity (Wildman–Crippen MR) is 67.1 cm³/mol. The van der Waals surface area contributed by atoms with Gasteiger partial charge in [-0.25, -0.2) is 4.79 Å². The number of alkyl halides is 3. The minimum atomic E-state index is -4.58. The maximum Gasteiger partial charge on any atom is 0.416 e. The van der Waals surface area contributed by atoms with Gasteiger partial charge in [0.1, 0.15) is 11.3 Å². The van der Waals surface area contributed by atoms with E-state index in [-0.39, 0.29) is 12.4 Å². The molecule has 0 spiro atoms. The van der Waals surface area contributed by atoms with Crippen LogP contribution in [0.3, 0.4) is 0 Å². The summed E-state index contributed by atoms with van der Waals surface area (Å²) >= 11 is 0. The quantitative estimate of drug-likeness (QED) is 0.819. The molecule has 112 valence electrons. The largest absolute Gasteiger partial charge is 0.493 e. The number of hydrogen-bond acceptors (Lipinski definition) is 3. The highest BCUT2D eigenvalue weighted by Gasteiger charge is 2.32. The Morgan fingerprint density at radius 3 is 2.50 bits per heavy atom. The van der Waals surface area contributed by atoms with Crippen LogP contribution in [0.2, 0.25) is 0 Å². The van der Waals surface area contributed by atoms with Crippen LogP contribution in [-0.4, -0.2) is 43.2 Å². The Balaban J connectivity index is 2.83. The Kier molecular flexibility index (Phi) is 5.38. The Hall–Kier alpha value is -1.76. The molecule has 1 rings (SSSR count). The fraction of sp³-hybridized carbons (Fsp3) is 0.462. The van der Waals surface area contributed by atoms with Gasteiger partial charge in [-0.2, -0.15) is 13.2 Å². The lowest BCUT2D eigenvalue weighted by Crippen LogP contribution is -2.16. The lowest BCUT2D eigenvalue weighted by atomic mass is 10.1. The number of aromatic carboxylic acids is 1. The summed E-state index contributed by atoms with van der Waals surface area (Å²) in [5, 5.41) is 8.95. The summed E-state index contributed by atoms with van der Waals surface area (Å²) in [5.74, 6) is -1.50. The Labute approximate surface area is 114 Å². The van der Waals surface area contributed by atoms with E-state index in [1.54, 1.807) is 0 Å². The SMILES string of the molecule is CN(C)CCCOc1ccc(C(F)(F)F)cc1C(=O)O. The third-order valence-corrected chi connectivity index (χ3v) is 2.54. The van der Waals surface area contributed by atoms with Crippen LogP contribution in [0.15, 0.2) is 18.2 Å². The third kappa shape index (κ3) is 4.73. The van der Waals surface area contributed by atoms with Crippen molar-refractivity contribution in [3.8, 4) is 5.75 Å². The molecule has 0 saturated heterocycles. The van der Waals surface area contributed by atoms with Crippen molar-refractivity contribution in [2.75, 3.05) is 27.2 Å². The van der Waals surface area contributed by atoms with E-state index in [1.807, 2.05) is 19.0 Å². The standard InChI is InChI=1S/C13H16F3NO3/c1-17(2)6-3-7-20-11-5-4-9(13(14,15)16)8-10(11)12(18)19/h4-5,8H,3,6-7H2,1-2H3,(H,18,19). The molecule has 0 aliphatic rings. The van der Waals surface area contributed by atoms with Gasteiger partial charge in [-0.05, 0) is 38.7 Å². The van der Waals surface area contributed by atoms with Gasteiger partial charge in [0, 0.05) is 6.54 Å². The number of ether oxygens (including phenoxy) is 1. The lowest BCUT2D eigenvalue weighted by Gasteiger charge is -2.13. The third-order valence-electron chi connectivity index (χ3n) is 2.54. The van der Waals surface area contributed by atoms with Gasteiger partial charge in [-0.15, -0.1) is 0 Å². The number of nitrogens with zero attached hydrogens (tertiary/aromatic N) is 1. The Morgan fingerprint density at radius 1 is 1.35 bits per heavy atom. The fourth-order valence-corrected chi connectivity index (χ4v) is 1.56. The Morgan fingerprint density at radius 2 is 2.00 bits per heavy atom. The number of carboxylic acid groups (broad SMARTS) is 1. The van der Waals surface area contributed by atoms with E-state index in [1.165, 1.54) is 0 Å². The van der Waals surface area contributed by atoms with Crippen LogP contribution in [0.5, 0.6) is 5.75 Å². The van der Waals surface area contributed by atoms with E-state index in [9.17, 15) is 18.0 Å². The molecular formula is C13H16F3NO3. The lowest BCUT2D eigenvalue weighted by molar-refractivity contribution is -0.137. The van der Waals surface area contributed by atoms with Crippen LogP contribution >= 0.6 is 0 Å². The molecule has 4 nitrogen and oxygen atoms in total. The van der Waals surface area contributed by atoms with E-state index in [2.05, 4.69) is 0 Å². The Bertz CT molecular complexity index is 472. The minimum Gasteiger partial charge on any atom is -0.493 e. The van der Waals surface area contributed by atoms with E-state index in [0.29, 0.717) is 12.5 Å². The molecular weight excluding hydrogens is 275 g/mol. The molecule has 0 heterocycles. The van der Waals surface area contributed by atoms with Gasteiger partial charge in [-0.3, -0.25) is 0 Å². The normalized spacial score (nSPS) is 11.7. The van der Waals surface area contributed by atoms with Crippen molar-refractivity contribution >= 4 is 5.97 Å². The number of hydrogen-bond donors (Lipinski definition) is 1. The van der Waals surface area contributed by atoms with Crippen LogP contribution in [-0.2, 0) is 6.18 Å². The molecule has 7 heteroatoms. The molecule has 0 radical (unpaired) electrons. The van der Waals surface area contributed by atoms with E-state index < -0.39 is 23.3 Å². The highest BCUT2D eigenvalue weighted by atomic mass is 19.4. The monoisotopic (exact) mass is 291 g/mol. The summed E-state index contributed by atoms with van der Waals surface area (Å²) in [6.07, 6.45) is -3.93. The van der Waals surface area contributed by atoms with Crippen LogP contribution in [0.1, 0.15) is 22.3 Å². The first-order valence-electron chi connectivity index (χ1n) is 5.94. The second-order valence-electron chi connectivity index (χ2n) is 4.52. The molecule has 0 fully saturated rings. The summed E-state index contributed by atoms with van der Waals surface area (Å²) in [5.41, 5.74) is -1.49. The molecule has 0 unspecified atom stereocenters. The van der Waals surface area contributed by atoms with Gasteiger partial charge >= 0.3 is 12.1 Å². The fourth-order valence-electron chi connectivity index (χ4n) is 1.56. The molecule has 0 amide bonds. The van der Waals surface area contributed by atoms with Crippen molar-refractivity contribution in [3.63, 3.8) is 0 Å². The van der Waals surface area contributed by atoms with Crippen LogP contribution < -0.4 is 4.74 Å². The summed E-state index contributed by atoms with van der Waals surface area (Å²) in [7, 11) is 3.75. The number of halogens is 3. The average Bonchev–Trinajstić information content (AvgIpc) is 2.33. The number of benzene rings is 1. The smallest absolute Gasteiger partial charge is 0.416 e. The minimum absolute atomic E-state index is 0.0516. The van der Waals surface area contributed by atoms with Crippen molar-refractivity contribution in [2.24, 2.45) is 0 Å². The first-order chi connectivity index (χ1) is 9.21. The molecule has 0 bridgehead atoms. The molecule has 0 atom stereocenters. The topological polar surface area (TPSA) is 49.8 Å². The molecule has 1 aromatic carbocycles. The molecule has 0 aliphatic heterocycles. The van der Waals surface area contributed by atoms with Gasteiger partial charge < -0.3 is 14.7 Å². The average molecular weight is 291 g/mol. The van der Waals surface area contributed by atoms with Crippen molar-refractivity contribution < 1.29 is 27.8 Å². The first kappa shape index (κ1) is 16.3. The molecule has 1 N–H and O–H groups in total. The number of carbonyl (C=O) groups is 1. The van der Waals surface area contributed by atoms with Crippen molar-refractivity contribution in [2.45, 2.75) is 12.6 Å². The molecule has 20 heavy (non-hydrogen) atoms. The van der Waals surface area contributed by atoms with Gasteiger partial charge in [0.15, 0.2) is 0 Å². The van der Waals surface area contributed by atoms with Crippen molar-refractivity contribution in [3.05, 3.63) is 29.3 Å². The number of carboxylic acids is 1. The van der Waals surface area contributed by atoms with E-state index in [4.69, 9.17) is 9.84 Å². The zero-order valence-electron chi connectivity index (χ0n) is 11.2. The molecule has 0 aromatic heterocycles. The van der Waals surface area contributed by atoms with Gasteiger partial charge in [-0.1, -0.05) is 0 Å². The maximum atomic E-state index is 12.5. The number of rotatable bonds is 6. The second kappa shape index (κ2) is 6.60. The van der Waals surface area contributed by atoms with Crippen molar-refractivity contribution in [1.29, 1.82) is 0 Å². The molecule has 1 aromatic rings.